The largest absolute Gasteiger partial charge is 0.389 e. The number of fused-ring (bicyclic) bond motifs is 2. The van der Waals surface area contributed by atoms with Crippen LogP contribution in [-0.2, 0) is 4.74 Å². The van der Waals surface area contributed by atoms with Crippen molar-refractivity contribution in [2.45, 2.75) is 72.1 Å². The van der Waals surface area contributed by atoms with Gasteiger partial charge in [0.05, 0.1) is 18.8 Å². The molecule has 0 aromatic rings. The van der Waals surface area contributed by atoms with Crippen molar-refractivity contribution in [3.63, 3.8) is 0 Å². The fourth-order valence-electron chi connectivity index (χ4n) is 4.04. The standard InChI is InChI=1S/C16H31NO2/c1-11(2)17-9-13(18)10-19-14-8-12-6-7-16(14,5)15(12,3)4/h11-14,17-18H,6-10H2,1-5H3/t12-,13+,14-,16-/m0/s1. The molecule has 3 heteroatoms. The minimum absolute atomic E-state index is 0.295. The first-order valence-corrected chi connectivity index (χ1v) is 7.80. The average molecular weight is 269 g/mol. The fourth-order valence-corrected chi connectivity index (χ4v) is 4.04. The molecule has 0 spiro atoms. The Morgan fingerprint density at radius 1 is 1.32 bits per heavy atom. The van der Waals surface area contributed by atoms with Crippen LogP contribution in [0, 0.1) is 16.7 Å². The molecule has 2 bridgehead atoms. The van der Waals surface area contributed by atoms with Crippen molar-refractivity contribution in [1.29, 1.82) is 0 Å². The second-order valence-electron chi connectivity index (χ2n) is 7.65. The summed E-state index contributed by atoms with van der Waals surface area (Å²) in [6.45, 7) is 12.4. The number of nitrogens with one attached hydrogen (secondary N) is 1. The van der Waals surface area contributed by atoms with Gasteiger partial charge in [0.2, 0.25) is 0 Å². The van der Waals surface area contributed by atoms with Crippen molar-refractivity contribution in [2.75, 3.05) is 13.2 Å². The Hall–Kier alpha value is -0.120. The highest BCUT2D eigenvalue weighted by Gasteiger charge is 2.61. The van der Waals surface area contributed by atoms with E-state index in [-0.39, 0.29) is 0 Å². The van der Waals surface area contributed by atoms with Crippen LogP contribution in [0.25, 0.3) is 0 Å². The highest BCUT2D eigenvalue weighted by molar-refractivity contribution is 5.11. The zero-order chi connectivity index (χ0) is 14.3. The quantitative estimate of drug-likeness (QED) is 0.779. The van der Waals surface area contributed by atoms with Gasteiger partial charge < -0.3 is 15.2 Å². The molecule has 2 saturated carbocycles. The van der Waals surface area contributed by atoms with Crippen LogP contribution < -0.4 is 5.32 Å². The minimum Gasteiger partial charge on any atom is -0.389 e. The van der Waals surface area contributed by atoms with Crippen LogP contribution in [0.3, 0.4) is 0 Å². The molecule has 19 heavy (non-hydrogen) atoms. The molecule has 3 nitrogen and oxygen atoms in total. The predicted octanol–water partition coefficient (Wildman–Crippen LogP) is 2.58. The molecule has 0 unspecified atom stereocenters. The van der Waals surface area contributed by atoms with E-state index in [0.717, 1.165) is 5.92 Å². The van der Waals surface area contributed by atoms with Gasteiger partial charge in [0.15, 0.2) is 0 Å². The molecule has 4 atom stereocenters. The third kappa shape index (κ3) is 2.70. The average Bonchev–Trinajstić information content (AvgIpc) is 2.66. The third-order valence-electron chi connectivity index (χ3n) is 5.97. The zero-order valence-corrected chi connectivity index (χ0v) is 13.2. The Morgan fingerprint density at radius 3 is 2.47 bits per heavy atom. The van der Waals surface area contributed by atoms with E-state index in [9.17, 15) is 5.11 Å². The Morgan fingerprint density at radius 2 is 2.00 bits per heavy atom. The van der Waals surface area contributed by atoms with E-state index in [4.69, 9.17) is 4.74 Å². The molecule has 0 saturated heterocycles. The van der Waals surface area contributed by atoms with Crippen molar-refractivity contribution >= 4 is 0 Å². The van der Waals surface area contributed by atoms with Crippen molar-refractivity contribution in [3.8, 4) is 0 Å². The molecule has 0 radical (unpaired) electrons. The molecule has 2 fully saturated rings. The summed E-state index contributed by atoms with van der Waals surface area (Å²) in [5.74, 6) is 0.799. The lowest BCUT2D eigenvalue weighted by Crippen LogP contribution is -2.40. The summed E-state index contributed by atoms with van der Waals surface area (Å²) in [6, 6.07) is 0.411. The number of hydrogen-bond acceptors (Lipinski definition) is 3. The summed E-state index contributed by atoms with van der Waals surface area (Å²) in [5, 5.41) is 13.2. The van der Waals surface area contributed by atoms with Gasteiger partial charge in [0.1, 0.15) is 0 Å². The molecule has 0 aromatic carbocycles. The number of ether oxygens (including phenoxy) is 1. The minimum atomic E-state index is -0.395. The van der Waals surface area contributed by atoms with E-state index >= 15 is 0 Å². The SMILES string of the molecule is CC(C)NC[C@@H](O)CO[C@H]1C[C@@H]2CC[C@]1(C)C2(C)C. The van der Waals surface area contributed by atoms with E-state index in [1.54, 1.807) is 0 Å². The number of aliphatic hydroxyl groups is 1. The lowest BCUT2D eigenvalue weighted by Gasteiger charge is -2.39. The second-order valence-corrected chi connectivity index (χ2v) is 7.65. The van der Waals surface area contributed by atoms with Crippen LogP contribution in [0.2, 0.25) is 0 Å². The summed E-state index contributed by atoms with van der Waals surface area (Å²) in [7, 11) is 0. The van der Waals surface area contributed by atoms with E-state index < -0.39 is 6.10 Å². The zero-order valence-electron chi connectivity index (χ0n) is 13.2. The van der Waals surface area contributed by atoms with Gasteiger partial charge in [0, 0.05) is 12.6 Å². The smallest absolute Gasteiger partial charge is 0.0897 e. The van der Waals surface area contributed by atoms with Gasteiger partial charge in [-0.1, -0.05) is 34.6 Å². The van der Waals surface area contributed by atoms with Crippen LogP contribution in [0.1, 0.15) is 53.9 Å². The first kappa shape index (κ1) is 15.3. The maximum Gasteiger partial charge on any atom is 0.0897 e. The summed E-state index contributed by atoms with van der Waals surface area (Å²) in [4.78, 5) is 0. The van der Waals surface area contributed by atoms with Crippen molar-refractivity contribution in [3.05, 3.63) is 0 Å². The van der Waals surface area contributed by atoms with Crippen LogP contribution in [0.5, 0.6) is 0 Å². The summed E-state index contributed by atoms with van der Waals surface area (Å²) < 4.78 is 6.08. The molecule has 0 aliphatic heterocycles. The first-order valence-electron chi connectivity index (χ1n) is 7.80. The van der Waals surface area contributed by atoms with E-state index in [0.29, 0.717) is 36.1 Å². The Kier molecular flexibility index (Phi) is 4.29. The molecular weight excluding hydrogens is 238 g/mol. The van der Waals surface area contributed by atoms with Crippen LogP contribution in [0.4, 0.5) is 0 Å². The molecule has 2 N–H and O–H groups in total. The van der Waals surface area contributed by atoms with Gasteiger partial charge in [0.25, 0.3) is 0 Å². The van der Waals surface area contributed by atoms with Gasteiger partial charge in [-0.25, -0.2) is 0 Å². The van der Waals surface area contributed by atoms with E-state index in [1.165, 1.54) is 19.3 Å². The Bertz CT molecular complexity index is 316. The van der Waals surface area contributed by atoms with Crippen LogP contribution in [-0.4, -0.2) is 36.5 Å². The third-order valence-corrected chi connectivity index (χ3v) is 5.97. The fraction of sp³-hybridized carbons (Fsp3) is 1.00. The highest BCUT2D eigenvalue weighted by Crippen LogP contribution is 2.66. The van der Waals surface area contributed by atoms with Crippen molar-refractivity contribution in [1.82, 2.24) is 5.32 Å². The molecule has 2 aliphatic carbocycles. The van der Waals surface area contributed by atoms with Gasteiger partial charge in [-0.2, -0.15) is 0 Å². The number of hydrogen-bond donors (Lipinski definition) is 2. The normalized spacial score (nSPS) is 38.1. The van der Waals surface area contributed by atoms with Gasteiger partial charge >= 0.3 is 0 Å². The summed E-state index contributed by atoms with van der Waals surface area (Å²) >= 11 is 0. The van der Waals surface area contributed by atoms with E-state index in [2.05, 4.69) is 39.9 Å². The monoisotopic (exact) mass is 269 g/mol. The molecule has 0 heterocycles. The van der Waals surface area contributed by atoms with Gasteiger partial charge in [-0.05, 0) is 36.0 Å². The summed E-state index contributed by atoms with van der Waals surface area (Å²) in [5.41, 5.74) is 0.682. The van der Waals surface area contributed by atoms with Crippen molar-refractivity contribution in [2.24, 2.45) is 16.7 Å². The highest BCUT2D eigenvalue weighted by atomic mass is 16.5. The van der Waals surface area contributed by atoms with Crippen LogP contribution >= 0.6 is 0 Å². The van der Waals surface area contributed by atoms with Gasteiger partial charge in [-0.3, -0.25) is 0 Å². The molecule has 0 amide bonds. The molecule has 0 aromatic heterocycles. The topological polar surface area (TPSA) is 41.5 Å². The lowest BCUT2D eigenvalue weighted by atomic mass is 9.70. The maximum atomic E-state index is 9.96. The first-order chi connectivity index (χ1) is 8.77. The number of rotatable bonds is 6. The molecular formula is C16H31NO2. The Labute approximate surface area is 118 Å². The molecule has 2 rings (SSSR count). The van der Waals surface area contributed by atoms with Crippen LogP contribution in [0.15, 0.2) is 0 Å². The summed E-state index contributed by atoms with van der Waals surface area (Å²) in [6.07, 6.45) is 3.73. The van der Waals surface area contributed by atoms with Gasteiger partial charge in [-0.15, -0.1) is 0 Å². The maximum absolute atomic E-state index is 9.96. The molecule has 112 valence electrons. The number of aliphatic hydroxyl groups excluding tert-OH is 1. The lowest BCUT2D eigenvalue weighted by molar-refractivity contribution is -0.0743. The predicted molar refractivity (Wildman–Crippen MR) is 78.1 cm³/mol. The second kappa shape index (κ2) is 5.34. The van der Waals surface area contributed by atoms with Crippen molar-refractivity contribution < 1.29 is 9.84 Å². The molecule has 2 aliphatic rings. The van der Waals surface area contributed by atoms with E-state index in [1.807, 2.05) is 0 Å². The Balaban J connectivity index is 1.82.